The quantitative estimate of drug-likeness (QED) is 0.561. The molecule has 0 aliphatic heterocycles. The van der Waals surface area contributed by atoms with Crippen molar-refractivity contribution in [1.29, 1.82) is 0 Å². The minimum absolute atomic E-state index is 0.882. The molecule has 0 atom stereocenters. The molecule has 0 fully saturated rings. The second kappa shape index (κ2) is 3.88. The predicted octanol–water partition coefficient (Wildman–Crippen LogP) is 3.17. The predicted molar refractivity (Wildman–Crippen MR) is 74.6 cm³/mol. The number of rotatable bonds is 1. The number of aromatic nitrogens is 4. The molecule has 0 unspecified atom stereocenters. The first-order valence-electron chi connectivity index (χ1n) is 6.07. The topological polar surface area (TPSA) is 54.5 Å². The maximum atomic E-state index is 4.42. The molecule has 0 bridgehead atoms. The van der Waals surface area contributed by atoms with Crippen molar-refractivity contribution in [3.05, 3.63) is 54.7 Å². The Morgan fingerprint density at radius 1 is 0.842 bits per heavy atom. The SMILES string of the molecule is c1ccc2c(-c3n[nH]c4ccccc34)cnnc2c1. The fourth-order valence-corrected chi connectivity index (χ4v) is 2.36. The molecule has 0 amide bonds. The lowest BCUT2D eigenvalue weighted by atomic mass is 10.1. The van der Waals surface area contributed by atoms with Gasteiger partial charge in [0.1, 0.15) is 5.69 Å². The van der Waals surface area contributed by atoms with E-state index in [0.717, 1.165) is 33.1 Å². The summed E-state index contributed by atoms with van der Waals surface area (Å²) in [6.07, 6.45) is 1.77. The summed E-state index contributed by atoms with van der Waals surface area (Å²) in [4.78, 5) is 0. The van der Waals surface area contributed by atoms with E-state index in [1.807, 2.05) is 42.5 Å². The molecule has 4 aromatic rings. The third kappa shape index (κ3) is 1.50. The van der Waals surface area contributed by atoms with Crippen molar-refractivity contribution in [2.24, 2.45) is 0 Å². The molecule has 2 heterocycles. The van der Waals surface area contributed by atoms with Crippen molar-refractivity contribution >= 4 is 21.8 Å². The van der Waals surface area contributed by atoms with Gasteiger partial charge < -0.3 is 0 Å². The fraction of sp³-hybridized carbons (Fsp3) is 0. The van der Waals surface area contributed by atoms with E-state index in [1.54, 1.807) is 6.20 Å². The molecule has 0 saturated carbocycles. The molecular formula is C15H10N4. The molecule has 0 aliphatic carbocycles. The van der Waals surface area contributed by atoms with Crippen LogP contribution in [0.2, 0.25) is 0 Å². The van der Waals surface area contributed by atoms with Crippen LogP contribution in [0.4, 0.5) is 0 Å². The lowest BCUT2D eigenvalue weighted by Crippen LogP contribution is -1.88. The van der Waals surface area contributed by atoms with E-state index in [2.05, 4.69) is 26.5 Å². The number of para-hydroxylation sites is 1. The van der Waals surface area contributed by atoms with Crippen molar-refractivity contribution in [3.8, 4) is 11.3 Å². The number of nitrogens with one attached hydrogen (secondary N) is 1. The lowest BCUT2D eigenvalue weighted by molar-refractivity contribution is 1.07. The van der Waals surface area contributed by atoms with Gasteiger partial charge in [0.2, 0.25) is 0 Å². The van der Waals surface area contributed by atoms with Crippen molar-refractivity contribution < 1.29 is 0 Å². The lowest BCUT2D eigenvalue weighted by Gasteiger charge is -2.02. The normalized spacial score (nSPS) is 11.2. The first-order chi connectivity index (χ1) is 9.43. The van der Waals surface area contributed by atoms with Crippen LogP contribution in [0.25, 0.3) is 33.1 Å². The second-order valence-corrected chi connectivity index (χ2v) is 4.39. The van der Waals surface area contributed by atoms with Crippen LogP contribution >= 0.6 is 0 Å². The molecule has 1 N–H and O–H groups in total. The average molecular weight is 246 g/mol. The number of aromatic amines is 1. The molecule has 4 nitrogen and oxygen atoms in total. The van der Waals surface area contributed by atoms with Crippen LogP contribution < -0.4 is 0 Å². The molecule has 0 saturated heterocycles. The number of nitrogens with zero attached hydrogens (tertiary/aromatic N) is 3. The highest BCUT2D eigenvalue weighted by Gasteiger charge is 2.11. The van der Waals surface area contributed by atoms with E-state index in [-0.39, 0.29) is 0 Å². The smallest absolute Gasteiger partial charge is 0.102 e. The molecule has 90 valence electrons. The summed E-state index contributed by atoms with van der Waals surface area (Å²) >= 11 is 0. The van der Waals surface area contributed by atoms with E-state index in [1.165, 1.54) is 0 Å². The summed E-state index contributed by atoms with van der Waals surface area (Å²) in [5.74, 6) is 0. The van der Waals surface area contributed by atoms with Crippen molar-refractivity contribution in [2.45, 2.75) is 0 Å². The number of hydrogen-bond acceptors (Lipinski definition) is 3. The molecular weight excluding hydrogens is 236 g/mol. The number of benzene rings is 2. The maximum absolute atomic E-state index is 4.42. The summed E-state index contributed by atoms with van der Waals surface area (Å²) in [6, 6.07) is 16.0. The Labute approximate surface area is 109 Å². The molecule has 0 aliphatic rings. The second-order valence-electron chi connectivity index (χ2n) is 4.39. The molecule has 4 rings (SSSR count). The zero-order valence-electron chi connectivity index (χ0n) is 10.0. The van der Waals surface area contributed by atoms with Gasteiger partial charge in [0.15, 0.2) is 0 Å². The Kier molecular flexibility index (Phi) is 2.08. The van der Waals surface area contributed by atoms with E-state index in [0.29, 0.717) is 0 Å². The summed E-state index contributed by atoms with van der Waals surface area (Å²) in [7, 11) is 0. The highest BCUT2D eigenvalue weighted by molar-refractivity contribution is 6.01. The number of H-pyrrole nitrogens is 1. The van der Waals surface area contributed by atoms with Crippen LogP contribution in [-0.2, 0) is 0 Å². The Morgan fingerprint density at radius 3 is 2.58 bits per heavy atom. The molecule has 0 spiro atoms. The van der Waals surface area contributed by atoms with Crippen LogP contribution in [0.1, 0.15) is 0 Å². The summed E-state index contributed by atoms with van der Waals surface area (Å²) in [5.41, 5.74) is 3.83. The maximum Gasteiger partial charge on any atom is 0.102 e. The van der Waals surface area contributed by atoms with Crippen LogP contribution in [0.3, 0.4) is 0 Å². The van der Waals surface area contributed by atoms with E-state index < -0.39 is 0 Å². The minimum atomic E-state index is 0.882. The summed E-state index contributed by atoms with van der Waals surface area (Å²) in [5, 5.41) is 17.9. The standard InChI is InChI=1S/C15H10N4/c1-3-7-13-10(5-1)12(9-16-17-13)15-11-6-2-4-8-14(11)18-19-15/h1-9H,(H,18,19). The molecule has 4 heteroatoms. The summed E-state index contributed by atoms with van der Waals surface area (Å²) in [6.45, 7) is 0. The van der Waals surface area contributed by atoms with Crippen LogP contribution in [0.5, 0.6) is 0 Å². The Morgan fingerprint density at radius 2 is 1.63 bits per heavy atom. The molecule has 19 heavy (non-hydrogen) atoms. The van der Waals surface area contributed by atoms with Crippen molar-refractivity contribution in [3.63, 3.8) is 0 Å². The Bertz CT molecular complexity index is 874. The van der Waals surface area contributed by atoms with Gasteiger partial charge >= 0.3 is 0 Å². The third-order valence-corrected chi connectivity index (χ3v) is 3.27. The molecule has 2 aromatic carbocycles. The van der Waals surface area contributed by atoms with E-state index in [4.69, 9.17) is 0 Å². The van der Waals surface area contributed by atoms with Gasteiger partial charge in [-0.1, -0.05) is 36.4 Å². The minimum Gasteiger partial charge on any atom is -0.277 e. The zero-order valence-corrected chi connectivity index (χ0v) is 10.0. The van der Waals surface area contributed by atoms with Gasteiger partial charge in [-0.2, -0.15) is 15.3 Å². The van der Waals surface area contributed by atoms with Gasteiger partial charge in [0, 0.05) is 16.3 Å². The highest BCUT2D eigenvalue weighted by atomic mass is 15.1. The fourth-order valence-electron chi connectivity index (χ4n) is 2.36. The van der Waals surface area contributed by atoms with Gasteiger partial charge in [0.05, 0.1) is 17.2 Å². The average Bonchev–Trinajstić information content (AvgIpc) is 2.90. The Balaban J connectivity index is 2.10. The summed E-state index contributed by atoms with van der Waals surface area (Å²) < 4.78 is 0. The van der Waals surface area contributed by atoms with Gasteiger partial charge in [-0.3, -0.25) is 5.10 Å². The van der Waals surface area contributed by atoms with Gasteiger partial charge in [-0.25, -0.2) is 0 Å². The van der Waals surface area contributed by atoms with Gasteiger partial charge in [0.25, 0.3) is 0 Å². The Hall–Kier alpha value is -2.75. The highest BCUT2D eigenvalue weighted by Crippen LogP contribution is 2.30. The monoisotopic (exact) mass is 246 g/mol. The van der Waals surface area contributed by atoms with Gasteiger partial charge in [-0.05, 0) is 12.1 Å². The van der Waals surface area contributed by atoms with E-state index in [9.17, 15) is 0 Å². The van der Waals surface area contributed by atoms with Crippen molar-refractivity contribution in [1.82, 2.24) is 20.4 Å². The molecule has 0 radical (unpaired) electrons. The third-order valence-electron chi connectivity index (χ3n) is 3.27. The number of fused-ring (bicyclic) bond motifs is 2. The number of hydrogen-bond donors (Lipinski definition) is 1. The van der Waals surface area contributed by atoms with Gasteiger partial charge in [-0.15, -0.1) is 0 Å². The van der Waals surface area contributed by atoms with Crippen LogP contribution in [0, 0.1) is 0 Å². The van der Waals surface area contributed by atoms with Crippen molar-refractivity contribution in [2.75, 3.05) is 0 Å². The van der Waals surface area contributed by atoms with Crippen LogP contribution in [-0.4, -0.2) is 20.4 Å². The first kappa shape index (κ1) is 10.2. The van der Waals surface area contributed by atoms with Crippen LogP contribution in [0.15, 0.2) is 54.7 Å². The molecule has 2 aromatic heterocycles. The largest absolute Gasteiger partial charge is 0.277 e. The first-order valence-corrected chi connectivity index (χ1v) is 6.07. The zero-order chi connectivity index (χ0) is 12.7. The van der Waals surface area contributed by atoms with E-state index >= 15 is 0 Å².